The Balaban J connectivity index is 2.36. The molecule has 0 radical (unpaired) electrons. The zero-order chi connectivity index (χ0) is 17.0. The minimum Gasteiger partial charge on any atom is -0.462 e. The summed E-state index contributed by atoms with van der Waals surface area (Å²) in [6, 6.07) is 4.87. The largest absolute Gasteiger partial charge is 0.462 e. The monoisotopic (exact) mass is 329 g/mol. The number of halogens is 4. The predicted molar refractivity (Wildman–Crippen MR) is 72.7 cm³/mol. The molecule has 1 heterocycles. The lowest BCUT2D eigenvalue weighted by Gasteiger charge is -2.12. The Hall–Kier alpha value is -2.71. The molecule has 0 saturated heterocycles. The smallest absolute Gasteiger partial charge is 0.434 e. The van der Waals surface area contributed by atoms with E-state index in [2.05, 4.69) is 20.0 Å². The second-order valence-corrected chi connectivity index (χ2v) is 4.31. The van der Waals surface area contributed by atoms with E-state index in [-0.39, 0.29) is 12.6 Å². The zero-order valence-corrected chi connectivity index (χ0v) is 11.8. The van der Waals surface area contributed by atoms with Crippen molar-refractivity contribution >= 4 is 17.6 Å². The van der Waals surface area contributed by atoms with E-state index in [0.29, 0.717) is 5.69 Å². The number of nitrogens with one attached hydrogen (secondary N) is 1. The van der Waals surface area contributed by atoms with Crippen molar-refractivity contribution < 1.29 is 27.1 Å². The van der Waals surface area contributed by atoms with Crippen LogP contribution in [0.2, 0.25) is 0 Å². The van der Waals surface area contributed by atoms with Crippen LogP contribution in [0, 0.1) is 5.82 Å². The number of carbonyl (C=O) groups is 1. The fourth-order valence-electron chi connectivity index (χ4n) is 1.68. The van der Waals surface area contributed by atoms with Gasteiger partial charge in [-0.25, -0.2) is 19.2 Å². The Morgan fingerprint density at radius 1 is 1.26 bits per heavy atom. The summed E-state index contributed by atoms with van der Waals surface area (Å²) < 4.78 is 56.5. The van der Waals surface area contributed by atoms with Gasteiger partial charge in [-0.2, -0.15) is 13.2 Å². The molecule has 0 amide bonds. The van der Waals surface area contributed by atoms with Gasteiger partial charge in [-0.05, 0) is 31.2 Å². The number of hydrogen-bond acceptors (Lipinski definition) is 5. The SMILES string of the molecule is CCOC(=O)c1cnc(Nc2ccc(F)cc2)nc1C(F)(F)F. The van der Waals surface area contributed by atoms with E-state index in [4.69, 9.17) is 0 Å². The first-order valence-corrected chi connectivity index (χ1v) is 6.45. The molecule has 1 aromatic carbocycles. The lowest BCUT2D eigenvalue weighted by Crippen LogP contribution is -2.19. The molecular weight excluding hydrogens is 318 g/mol. The summed E-state index contributed by atoms with van der Waals surface area (Å²) in [5, 5.41) is 2.50. The van der Waals surface area contributed by atoms with Gasteiger partial charge in [0, 0.05) is 11.9 Å². The molecule has 0 aliphatic carbocycles. The number of nitrogens with zero attached hydrogens (tertiary/aromatic N) is 2. The molecule has 0 unspecified atom stereocenters. The predicted octanol–water partition coefficient (Wildman–Crippen LogP) is 3.55. The average Bonchev–Trinajstić information content (AvgIpc) is 2.49. The molecular formula is C14H11F4N3O2. The van der Waals surface area contributed by atoms with Gasteiger partial charge in [0.05, 0.1) is 6.61 Å². The fraction of sp³-hybridized carbons (Fsp3) is 0.214. The highest BCUT2D eigenvalue weighted by Crippen LogP contribution is 2.31. The highest BCUT2D eigenvalue weighted by molar-refractivity contribution is 5.90. The van der Waals surface area contributed by atoms with Gasteiger partial charge in [-0.1, -0.05) is 0 Å². The average molecular weight is 329 g/mol. The number of carbonyl (C=O) groups excluding carboxylic acids is 1. The maximum atomic E-state index is 13.0. The van der Waals surface area contributed by atoms with E-state index in [1.165, 1.54) is 19.1 Å². The number of anilines is 2. The Labute approximate surface area is 128 Å². The van der Waals surface area contributed by atoms with Crippen LogP contribution in [0.3, 0.4) is 0 Å². The fourth-order valence-corrected chi connectivity index (χ4v) is 1.68. The van der Waals surface area contributed by atoms with Gasteiger partial charge < -0.3 is 10.1 Å². The van der Waals surface area contributed by atoms with Crippen molar-refractivity contribution in [3.05, 3.63) is 47.5 Å². The van der Waals surface area contributed by atoms with Crippen molar-refractivity contribution in [1.29, 1.82) is 0 Å². The minimum absolute atomic E-state index is 0.0777. The Kier molecular flexibility index (Phi) is 4.77. The molecule has 0 atom stereocenters. The molecule has 23 heavy (non-hydrogen) atoms. The second kappa shape index (κ2) is 6.59. The van der Waals surface area contributed by atoms with E-state index in [1.54, 1.807) is 0 Å². The quantitative estimate of drug-likeness (QED) is 0.686. The minimum atomic E-state index is -4.86. The third-order valence-electron chi connectivity index (χ3n) is 2.65. The van der Waals surface area contributed by atoms with Crippen LogP contribution >= 0.6 is 0 Å². The van der Waals surface area contributed by atoms with E-state index >= 15 is 0 Å². The molecule has 1 N–H and O–H groups in total. The Morgan fingerprint density at radius 2 is 1.91 bits per heavy atom. The molecule has 0 saturated carbocycles. The molecule has 2 rings (SSSR count). The third kappa shape index (κ3) is 4.15. The highest BCUT2D eigenvalue weighted by atomic mass is 19.4. The van der Waals surface area contributed by atoms with Crippen molar-refractivity contribution in [2.45, 2.75) is 13.1 Å². The van der Waals surface area contributed by atoms with Gasteiger partial charge in [-0.3, -0.25) is 0 Å². The maximum Gasteiger partial charge on any atom is 0.434 e. The van der Waals surface area contributed by atoms with Crippen LogP contribution in [0.4, 0.5) is 29.2 Å². The summed E-state index contributed by atoms with van der Waals surface area (Å²) >= 11 is 0. The number of ether oxygens (including phenoxy) is 1. The summed E-state index contributed by atoms with van der Waals surface area (Å²) in [7, 11) is 0. The van der Waals surface area contributed by atoms with Gasteiger partial charge >= 0.3 is 12.1 Å². The summed E-state index contributed by atoms with van der Waals surface area (Å²) in [5.41, 5.74) is -1.89. The molecule has 2 aromatic rings. The molecule has 1 aromatic heterocycles. The number of esters is 1. The van der Waals surface area contributed by atoms with Crippen molar-refractivity contribution in [2.24, 2.45) is 0 Å². The van der Waals surface area contributed by atoms with Crippen LogP contribution in [-0.2, 0) is 10.9 Å². The molecule has 5 nitrogen and oxygen atoms in total. The first kappa shape index (κ1) is 16.7. The molecule has 122 valence electrons. The molecule has 0 fully saturated rings. The van der Waals surface area contributed by atoms with Crippen molar-refractivity contribution in [3.63, 3.8) is 0 Å². The number of aromatic nitrogens is 2. The van der Waals surface area contributed by atoms with Gasteiger partial charge in [0.25, 0.3) is 0 Å². The van der Waals surface area contributed by atoms with E-state index in [1.807, 2.05) is 0 Å². The number of rotatable bonds is 4. The van der Waals surface area contributed by atoms with Gasteiger partial charge in [-0.15, -0.1) is 0 Å². The molecule has 9 heteroatoms. The van der Waals surface area contributed by atoms with Crippen LogP contribution in [0.15, 0.2) is 30.5 Å². The topological polar surface area (TPSA) is 64.1 Å². The van der Waals surface area contributed by atoms with E-state index in [9.17, 15) is 22.4 Å². The zero-order valence-electron chi connectivity index (χ0n) is 11.8. The normalized spacial score (nSPS) is 11.2. The Morgan fingerprint density at radius 3 is 2.48 bits per heavy atom. The lowest BCUT2D eigenvalue weighted by molar-refractivity contribution is -0.141. The number of benzene rings is 1. The summed E-state index contributed by atoms with van der Waals surface area (Å²) in [6.07, 6.45) is -4.12. The van der Waals surface area contributed by atoms with Crippen LogP contribution in [0.5, 0.6) is 0 Å². The number of hydrogen-bond donors (Lipinski definition) is 1. The lowest BCUT2D eigenvalue weighted by atomic mass is 10.2. The molecule has 0 aliphatic heterocycles. The third-order valence-corrected chi connectivity index (χ3v) is 2.65. The van der Waals surface area contributed by atoms with Gasteiger partial charge in [0.2, 0.25) is 5.95 Å². The van der Waals surface area contributed by atoms with Crippen molar-refractivity contribution in [2.75, 3.05) is 11.9 Å². The van der Waals surface area contributed by atoms with E-state index < -0.39 is 29.2 Å². The van der Waals surface area contributed by atoms with Crippen molar-refractivity contribution in [3.8, 4) is 0 Å². The maximum absolute atomic E-state index is 13.0. The van der Waals surface area contributed by atoms with Crippen LogP contribution in [-0.4, -0.2) is 22.5 Å². The summed E-state index contributed by atoms with van der Waals surface area (Å²) in [5.74, 6) is -2.03. The molecule has 0 bridgehead atoms. The van der Waals surface area contributed by atoms with Gasteiger partial charge in [0.1, 0.15) is 11.4 Å². The van der Waals surface area contributed by atoms with Crippen LogP contribution < -0.4 is 5.32 Å². The van der Waals surface area contributed by atoms with E-state index in [0.717, 1.165) is 18.3 Å². The number of alkyl halides is 3. The summed E-state index contributed by atoms with van der Waals surface area (Å²) in [6.45, 7) is 1.39. The first-order chi connectivity index (χ1) is 10.8. The summed E-state index contributed by atoms with van der Waals surface area (Å²) in [4.78, 5) is 18.5. The standard InChI is InChI=1S/C14H11F4N3O2/c1-2-23-12(22)10-7-19-13(21-11(10)14(16,17)18)20-9-5-3-8(15)4-6-9/h3-7H,2H2,1H3,(H,19,20,21). The second-order valence-electron chi connectivity index (χ2n) is 4.31. The van der Waals surface area contributed by atoms with Crippen LogP contribution in [0.25, 0.3) is 0 Å². The molecule has 0 aliphatic rings. The van der Waals surface area contributed by atoms with Gasteiger partial charge in [0.15, 0.2) is 5.69 Å². The van der Waals surface area contributed by atoms with Crippen LogP contribution in [0.1, 0.15) is 23.0 Å². The Bertz CT molecular complexity index is 702. The molecule has 0 spiro atoms. The first-order valence-electron chi connectivity index (χ1n) is 6.45. The van der Waals surface area contributed by atoms with Crippen molar-refractivity contribution in [1.82, 2.24) is 9.97 Å². The highest BCUT2D eigenvalue weighted by Gasteiger charge is 2.38.